The molecule has 3 aromatic heterocycles. The quantitative estimate of drug-likeness (QED) is 0.417. The number of halogens is 1. The highest BCUT2D eigenvalue weighted by Gasteiger charge is 2.27. The molecule has 1 aromatic carbocycles. The highest BCUT2D eigenvalue weighted by molar-refractivity contribution is 7.20. The average Bonchev–Trinajstić information content (AvgIpc) is 3.48. The van der Waals surface area contributed by atoms with Crippen molar-refractivity contribution in [3.63, 3.8) is 0 Å². The molecule has 170 valence electrons. The zero-order valence-corrected chi connectivity index (χ0v) is 20.0. The number of anilines is 2. The van der Waals surface area contributed by atoms with Gasteiger partial charge in [-0.2, -0.15) is 0 Å². The molecule has 0 radical (unpaired) electrons. The van der Waals surface area contributed by atoms with E-state index in [1.165, 1.54) is 22.3 Å². The maximum absolute atomic E-state index is 14.1. The van der Waals surface area contributed by atoms with Crippen molar-refractivity contribution >= 4 is 50.3 Å². The van der Waals surface area contributed by atoms with Crippen LogP contribution in [-0.2, 0) is 0 Å². The molecular weight excluding hydrogens is 457 g/mol. The van der Waals surface area contributed by atoms with E-state index in [1.54, 1.807) is 29.8 Å². The van der Waals surface area contributed by atoms with Crippen LogP contribution in [0.4, 0.5) is 15.9 Å². The number of nitrogens with one attached hydrogen (secondary N) is 1. The van der Waals surface area contributed by atoms with Crippen molar-refractivity contribution in [2.24, 2.45) is 0 Å². The van der Waals surface area contributed by atoms with Crippen molar-refractivity contribution in [2.75, 3.05) is 36.4 Å². The average molecular weight is 482 g/mol. The number of fused-ring (bicyclic) bond motifs is 1. The Morgan fingerprint density at radius 3 is 2.64 bits per heavy atom. The van der Waals surface area contributed by atoms with Crippen LogP contribution in [0.5, 0.6) is 0 Å². The number of hydrogen-bond donors (Lipinski definition) is 1. The first-order valence-electron chi connectivity index (χ1n) is 10.9. The number of rotatable bonds is 5. The third-order valence-electron chi connectivity index (χ3n) is 6.00. The summed E-state index contributed by atoms with van der Waals surface area (Å²) >= 11 is 3.11. The predicted molar refractivity (Wildman–Crippen MR) is 133 cm³/mol. The molecule has 1 saturated heterocycles. The van der Waals surface area contributed by atoms with E-state index in [0.717, 1.165) is 21.6 Å². The molecule has 0 saturated carbocycles. The minimum absolute atomic E-state index is 0.000869. The number of benzene rings is 1. The molecule has 1 amide bonds. The van der Waals surface area contributed by atoms with Crippen molar-refractivity contribution in [3.8, 4) is 0 Å². The Labute approximate surface area is 199 Å². The molecule has 0 bridgehead atoms. The lowest BCUT2D eigenvalue weighted by atomic mass is 10.1. The molecule has 1 aliphatic rings. The van der Waals surface area contributed by atoms with Gasteiger partial charge in [-0.3, -0.25) is 4.79 Å². The fraction of sp³-hybridized carbons (Fsp3) is 0.292. The topological polar surface area (TPSA) is 61.4 Å². The molecule has 33 heavy (non-hydrogen) atoms. The minimum atomic E-state index is -0.229. The van der Waals surface area contributed by atoms with Gasteiger partial charge >= 0.3 is 0 Å². The molecule has 0 spiro atoms. The van der Waals surface area contributed by atoms with E-state index in [4.69, 9.17) is 0 Å². The largest absolute Gasteiger partial charge is 0.366 e. The molecule has 6 nitrogen and oxygen atoms in total. The Balaban J connectivity index is 1.35. The summed E-state index contributed by atoms with van der Waals surface area (Å²) in [7, 11) is 0. The predicted octanol–water partition coefficient (Wildman–Crippen LogP) is 5.34. The van der Waals surface area contributed by atoms with Crippen LogP contribution >= 0.6 is 22.7 Å². The van der Waals surface area contributed by atoms with Crippen molar-refractivity contribution < 1.29 is 9.18 Å². The number of carbonyl (C=O) groups is 1. The fourth-order valence-electron chi connectivity index (χ4n) is 4.20. The summed E-state index contributed by atoms with van der Waals surface area (Å²) in [5.74, 6) is 0.520. The van der Waals surface area contributed by atoms with Gasteiger partial charge in [0, 0.05) is 31.1 Å². The van der Waals surface area contributed by atoms with Crippen LogP contribution in [0.25, 0.3) is 10.2 Å². The van der Waals surface area contributed by atoms with Gasteiger partial charge in [0.05, 0.1) is 22.0 Å². The summed E-state index contributed by atoms with van der Waals surface area (Å²) in [6.45, 7) is 6.36. The van der Waals surface area contributed by atoms with Crippen LogP contribution in [0.2, 0.25) is 0 Å². The maximum atomic E-state index is 14.1. The van der Waals surface area contributed by atoms with Crippen molar-refractivity contribution in [2.45, 2.75) is 19.9 Å². The van der Waals surface area contributed by atoms with Gasteiger partial charge in [-0.05, 0) is 43.0 Å². The van der Waals surface area contributed by atoms with E-state index in [2.05, 4.69) is 33.7 Å². The number of carbonyl (C=O) groups excluding carboxylic acids is 1. The Morgan fingerprint density at radius 1 is 1.12 bits per heavy atom. The lowest BCUT2D eigenvalue weighted by Gasteiger charge is -2.36. The standard InChI is InChI=1S/C24H24FN5OS2/c1-15-20-22(28-16(2)19-8-5-13-32-19)26-14-27-23(20)33-21(15)24(31)30-11-9-29(10-12-30)18-7-4-3-6-17(18)25/h3-8,13-14,16H,9-12H2,1-2H3,(H,26,27,28). The Morgan fingerprint density at radius 2 is 1.91 bits per heavy atom. The van der Waals surface area contributed by atoms with Gasteiger partial charge in [-0.25, -0.2) is 14.4 Å². The summed E-state index contributed by atoms with van der Waals surface area (Å²) in [4.78, 5) is 28.9. The monoisotopic (exact) mass is 481 g/mol. The molecule has 1 atom stereocenters. The highest BCUT2D eigenvalue weighted by Crippen LogP contribution is 2.36. The van der Waals surface area contributed by atoms with Crippen LogP contribution in [0.1, 0.15) is 33.1 Å². The number of hydrogen-bond acceptors (Lipinski definition) is 7. The van der Waals surface area contributed by atoms with E-state index in [-0.39, 0.29) is 17.8 Å². The van der Waals surface area contributed by atoms with Gasteiger partial charge in [0.25, 0.3) is 5.91 Å². The van der Waals surface area contributed by atoms with E-state index in [1.807, 2.05) is 28.9 Å². The second-order valence-electron chi connectivity index (χ2n) is 8.07. The third-order valence-corrected chi connectivity index (χ3v) is 8.25. The number of thiophene rings is 2. The van der Waals surface area contributed by atoms with Gasteiger partial charge < -0.3 is 15.1 Å². The van der Waals surface area contributed by atoms with E-state index in [0.29, 0.717) is 36.7 Å². The van der Waals surface area contributed by atoms with Crippen LogP contribution in [-0.4, -0.2) is 47.0 Å². The SMILES string of the molecule is Cc1c(C(=O)N2CCN(c3ccccc3F)CC2)sc2ncnc(NC(C)c3cccs3)c12. The van der Waals surface area contributed by atoms with Crippen molar-refractivity contribution in [3.05, 3.63) is 69.2 Å². The fourth-order valence-corrected chi connectivity index (χ4v) is 6.05. The molecular formula is C24H24FN5OS2. The van der Waals surface area contributed by atoms with Gasteiger partial charge in [0.1, 0.15) is 22.8 Å². The first-order valence-corrected chi connectivity index (χ1v) is 12.6. The second kappa shape index (κ2) is 9.07. The van der Waals surface area contributed by atoms with Crippen LogP contribution in [0.3, 0.4) is 0 Å². The first-order chi connectivity index (χ1) is 16.0. The zero-order chi connectivity index (χ0) is 22.9. The molecule has 1 aliphatic heterocycles. The summed E-state index contributed by atoms with van der Waals surface area (Å²) in [6, 6.07) is 11.0. The first kappa shape index (κ1) is 21.8. The van der Waals surface area contributed by atoms with Gasteiger partial charge in [-0.1, -0.05) is 18.2 Å². The van der Waals surface area contributed by atoms with Crippen molar-refractivity contribution in [1.82, 2.24) is 14.9 Å². The highest BCUT2D eigenvalue weighted by atomic mass is 32.1. The number of aromatic nitrogens is 2. The van der Waals surface area contributed by atoms with E-state index >= 15 is 0 Å². The number of piperazine rings is 1. The normalized spacial score (nSPS) is 15.1. The Kier molecular flexibility index (Phi) is 5.99. The zero-order valence-electron chi connectivity index (χ0n) is 18.4. The van der Waals surface area contributed by atoms with Crippen LogP contribution in [0, 0.1) is 12.7 Å². The van der Waals surface area contributed by atoms with Crippen LogP contribution < -0.4 is 10.2 Å². The number of nitrogens with zero attached hydrogens (tertiary/aromatic N) is 4. The maximum Gasteiger partial charge on any atom is 0.264 e. The molecule has 1 fully saturated rings. The second-order valence-corrected chi connectivity index (χ2v) is 10.0. The Hall–Kier alpha value is -3.04. The lowest BCUT2D eigenvalue weighted by molar-refractivity contribution is 0.0751. The molecule has 1 unspecified atom stereocenters. The van der Waals surface area contributed by atoms with Gasteiger partial charge in [0.15, 0.2) is 0 Å². The van der Waals surface area contributed by atoms with Gasteiger partial charge in [0.2, 0.25) is 0 Å². The summed E-state index contributed by atoms with van der Waals surface area (Å²) in [5.41, 5.74) is 1.49. The van der Waals surface area contributed by atoms with Crippen molar-refractivity contribution in [1.29, 1.82) is 0 Å². The molecule has 1 N–H and O–H groups in total. The lowest BCUT2D eigenvalue weighted by Crippen LogP contribution is -2.49. The summed E-state index contributed by atoms with van der Waals surface area (Å²) in [6.07, 6.45) is 1.54. The minimum Gasteiger partial charge on any atom is -0.366 e. The molecule has 5 rings (SSSR count). The van der Waals surface area contributed by atoms with E-state index in [9.17, 15) is 9.18 Å². The summed E-state index contributed by atoms with van der Waals surface area (Å²) in [5, 5.41) is 6.45. The molecule has 4 aromatic rings. The third kappa shape index (κ3) is 4.18. The van der Waals surface area contributed by atoms with E-state index < -0.39 is 0 Å². The molecule has 0 aliphatic carbocycles. The number of para-hydroxylation sites is 1. The molecule has 4 heterocycles. The Bertz CT molecular complexity index is 1280. The number of aryl methyl sites for hydroxylation is 1. The van der Waals surface area contributed by atoms with Crippen LogP contribution in [0.15, 0.2) is 48.1 Å². The smallest absolute Gasteiger partial charge is 0.264 e. The summed E-state index contributed by atoms with van der Waals surface area (Å²) < 4.78 is 14.1. The number of amides is 1. The van der Waals surface area contributed by atoms with Gasteiger partial charge in [-0.15, -0.1) is 22.7 Å². The molecule has 9 heteroatoms.